The molecule has 9 nitrogen and oxygen atoms in total. The van der Waals surface area contributed by atoms with Gasteiger partial charge >= 0.3 is 5.69 Å². The van der Waals surface area contributed by atoms with E-state index in [0.717, 1.165) is 5.69 Å². The van der Waals surface area contributed by atoms with Crippen LogP contribution in [-0.2, 0) is 0 Å². The van der Waals surface area contributed by atoms with E-state index in [-0.39, 0.29) is 19.1 Å². The highest BCUT2D eigenvalue weighted by molar-refractivity contribution is 5.80. The number of aromatic hydroxyl groups is 1. The molecule has 3 rings (SSSR count). The lowest BCUT2D eigenvalue weighted by Gasteiger charge is -2.22. The molecule has 136 valence electrons. The molecule has 2 aromatic carbocycles. The average Bonchev–Trinajstić information content (AvgIpc) is 3.04. The number of nitrogens with zero attached hydrogens (tertiary/aromatic N) is 3. The Hall–Kier alpha value is -3.17. The SMILES string of the molecule is O=[N+]([O-])c1ccc(-c2nc3ccc(N(CCO)CCO)cc3o2)cc1O. The minimum Gasteiger partial charge on any atom is -0.502 e. The van der Waals surface area contributed by atoms with Gasteiger partial charge in [-0.25, -0.2) is 4.98 Å². The van der Waals surface area contributed by atoms with Crippen molar-refractivity contribution in [2.75, 3.05) is 31.2 Å². The number of rotatable bonds is 7. The fraction of sp³-hybridized carbons (Fsp3) is 0.235. The number of nitro groups is 1. The molecule has 1 aromatic heterocycles. The molecule has 0 spiro atoms. The summed E-state index contributed by atoms with van der Waals surface area (Å²) in [5.41, 5.74) is 1.84. The van der Waals surface area contributed by atoms with E-state index in [2.05, 4.69) is 4.98 Å². The summed E-state index contributed by atoms with van der Waals surface area (Å²) in [6.07, 6.45) is 0. The summed E-state index contributed by atoms with van der Waals surface area (Å²) in [5, 5.41) is 38.8. The summed E-state index contributed by atoms with van der Waals surface area (Å²) in [7, 11) is 0. The third-order valence-corrected chi connectivity index (χ3v) is 3.90. The van der Waals surface area contributed by atoms with Crippen LogP contribution in [0.15, 0.2) is 40.8 Å². The molecule has 0 amide bonds. The first-order valence-electron chi connectivity index (χ1n) is 7.88. The van der Waals surface area contributed by atoms with Gasteiger partial charge < -0.3 is 24.6 Å². The largest absolute Gasteiger partial charge is 0.502 e. The lowest BCUT2D eigenvalue weighted by atomic mass is 10.2. The topological polar surface area (TPSA) is 133 Å². The number of hydrogen-bond acceptors (Lipinski definition) is 8. The van der Waals surface area contributed by atoms with Crippen molar-refractivity contribution >= 4 is 22.5 Å². The molecule has 0 aliphatic carbocycles. The number of nitro benzene ring substituents is 1. The molecule has 0 aliphatic rings. The molecule has 3 aromatic rings. The summed E-state index contributed by atoms with van der Waals surface area (Å²) in [6.45, 7) is 0.621. The lowest BCUT2D eigenvalue weighted by molar-refractivity contribution is -0.385. The molecule has 0 radical (unpaired) electrons. The Morgan fingerprint density at radius 1 is 1.12 bits per heavy atom. The van der Waals surface area contributed by atoms with Gasteiger partial charge in [0, 0.05) is 36.5 Å². The van der Waals surface area contributed by atoms with Gasteiger partial charge in [0.2, 0.25) is 5.89 Å². The maximum Gasteiger partial charge on any atom is 0.310 e. The van der Waals surface area contributed by atoms with Crippen LogP contribution in [0.25, 0.3) is 22.6 Å². The van der Waals surface area contributed by atoms with Crippen LogP contribution in [-0.4, -0.2) is 51.5 Å². The van der Waals surface area contributed by atoms with E-state index < -0.39 is 16.4 Å². The number of aromatic nitrogens is 1. The highest BCUT2D eigenvalue weighted by Crippen LogP contribution is 2.33. The molecule has 0 aliphatic heterocycles. The van der Waals surface area contributed by atoms with Gasteiger partial charge in [-0.3, -0.25) is 10.1 Å². The second kappa shape index (κ2) is 7.38. The first-order valence-corrected chi connectivity index (χ1v) is 7.88. The molecule has 0 saturated heterocycles. The molecule has 3 N–H and O–H groups in total. The van der Waals surface area contributed by atoms with Crippen molar-refractivity contribution in [2.45, 2.75) is 0 Å². The molecule has 0 fully saturated rings. The molecule has 9 heteroatoms. The minimum absolute atomic E-state index is 0.0538. The van der Waals surface area contributed by atoms with Gasteiger partial charge in [-0.2, -0.15) is 0 Å². The van der Waals surface area contributed by atoms with E-state index in [1.165, 1.54) is 18.2 Å². The van der Waals surface area contributed by atoms with Crippen LogP contribution in [0.1, 0.15) is 0 Å². The Balaban J connectivity index is 1.97. The number of hydrogen-bond donors (Lipinski definition) is 3. The van der Waals surface area contributed by atoms with Gasteiger partial charge in [0.1, 0.15) is 5.52 Å². The average molecular weight is 359 g/mol. The van der Waals surface area contributed by atoms with Crippen LogP contribution in [0.4, 0.5) is 11.4 Å². The van der Waals surface area contributed by atoms with Gasteiger partial charge in [0.05, 0.1) is 18.1 Å². The van der Waals surface area contributed by atoms with Gasteiger partial charge in [0.15, 0.2) is 11.3 Å². The maximum absolute atomic E-state index is 10.8. The van der Waals surface area contributed by atoms with Gasteiger partial charge in [-0.15, -0.1) is 0 Å². The van der Waals surface area contributed by atoms with Crippen LogP contribution < -0.4 is 4.90 Å². The number of phenolic OH excluding ortho intramolecular Hbond substituents is 1. The smallest absolute Gasteiger partial charge is 0.310 e. The predicted molar refractivity (Wildman–Crippen MR) is 94.1 cm³/mol. The normalized spacial score (nSPS) is 11.0. The highest BCUT2D eigenvalue weighted by atomic mass is 16.6. The Bertz CT molecular complexity index is 933. The van der Waals surface area contributed by atoms with Crippen LogP contribution in [0.5, 0.6) is 5.75 Å². The first kappa shape index (κ1) is 17.6. The number of oxazole rings is 1. The van der Waals surface area contributed by atoms with Crippen LogP contribution >= 0.6 is 0 Å². The molecular formula is C17H17N3O6. The Kier molecular flexibility index (Phi) is 5.01. The fourth-order valence-corrected chi connectivity index (χ4v) is 2.66. The highest BCUT2D eigenvalue weighted by Gasteiger charge is 2.17. The van der Waals surface area contributed by atoms with E-state index in [4.69, 9.17) is 14.6 Å². The third-order valence-electron chi connectivity index (χ3n) is 3.90. The van der Waals surface area contributed by atoms with Gasteiger partial charge in [-0.1, -0.05) is 0 Å². The van der Waals surface area contributed by atoms with Gasteiger partial charge in [0.25, 0.3) is 0 Å². The molecule has 0 saturated carbocycles. The monoisotopic (exact) mass is 359 g/mol. The zero-order valence-electron chi connectivity index (χ0n) is 13.7. The van der Waals surface area contributed by atoms with E-state index in [1.54, 1.807) is 23.1 Å². The number of phenols is 1. The predicted octanol–water partition coefficient (Wildman–Crippen LogP) is 1.90. The van der Waals surface area contributed by atoms with E-state index in [0.29, 0.717) is 29.8 Å². The third kappa shape index (κ3) is 3.44. The van der Waals surface area contributed by atoms with E-state index >= 15 is 0 Å². The number of anilines is 1. The zero-order valence-corrected chi connectivity index (χ0v) is 13.7. The molecule has 0 unspecified atom stereocenters. The van der Waals surface area contributed by atoms with Crippen LogP contribution in [0, 0.1) is 10.1 Å². The standard InChI is InChI=1S/C17H17N3O6/c21-7-5-19(6-8-22)12-2-3-13-16(10-12)26-17(18-13)11-1-4-14(20(24)25)15(23)9-11/h1-4,9-10,21-23H,5-8H2. The van der Waals surface area contributed by atoms with E-state index in [9.17, 15) is 15.2 Å². The van der Waals surface area contributed by atoms with Crippen molar-refractivity contribution in [3.05, 3.63) is 46.5 Å². The second-order valence-corrected chi connectivity index (χ2v) is 5.57. The summed E-state index contributed by atoms with van der Waals surface area (Å²) < 4.78 is 5.71. The van der Waals surface area contributed by atoms with Crippen LogP contribution in [0.2, 0.25) is 0 Å². The fourth-order valence-electron chi connectivity index (χ4n) is 2.66. The van der Waals surface area contributed by atoms with Gasteiger partial charge in [-0.05, 0) is 24.3 Å². The van der Waals surface area contributed by atoms with Crippen LogP contribution in [0.3, 0.4) is 0 Å². The summed E-state index contributed by atoms with van der Waals surface area (Å²) in [5.74, 6) is -0.245. The second-order valence-electron chi connectivity index (χ2n) is 5.57. The molecule has 1 heterocycles. The Morgan fingerprint density at radius 3 is 2.46 bits per heavy atom. The minimum atomic E-state index is -0.672. The summed E-state index contributed by atoms with van der Waals surface area (Å²) in [6, 6.07) is 9.15. The lowest BCUT2D eigenvalue weighted by Crippen LogP contribution is -2.29. The summed E-state index contributed by atoms with van der Waals surface area (Å²) in [4.78, 5) is 16.2. The number of aliphatic hydroxyl groups excluding tert-OH is 2. The number of fused-ring (bicyclic) bond motifs is 1. The Morgan fingerprint density at radius 2 is 1.85 bits per heavy atom. The van der Waals surface area contributed by atoms with Crippen molar-refractivity contribution in [3.8, 4) is 17.2 Å². The molecule has 0 atom stereocenters. The Labute approximate surface area is 147 Å². The first-order chi connectivity index (χ1) is 12.5. The molecule has 0 bridgehead atoms. The van der Waals surface area contributed by atoms with Crippen molar-refractivity contribution in [3.63, 3.8) is 0 Å². The van der Waals surface area contributed by atoms with E-state index in [1.807, 2.05) is 0 Å². The maximum atomic E-state index is 10.8. The van der Waals surface area contributed by atoms with Crippen molar-refractivity contribution in [2.24, 2.45) is 0 Å². The number of benzene rings is 2. The van der Waals surface area contributed by atoms with Crippen molar-refractivity contribution in [1.29, 1.82) is 0 Å². The zero-order chi connectivity index (χ0) is 18.7. The van der Waals surface area contributed by atoms with Crippen molar-refractivity contribution < 1.29 is 24.7 Å². The summed E-state index contributed by atoms with van der Waals surface area (Å²) >= 11 is 0. The quantitative estimate of drug-likeness (QED) is 0.430. The number of aliphatic hydroxyl groups is 2. The molecule has 26 heavy (non-hydrogen) atoms. The molecular weight excluding hydrogens is 342 g/mol. The van der Waals surface area contributed by atoms with Crippen molar-refractivity contribution in [1.82, 2.24) is 4.98 Å².